The largest absolute Gasteiger partial charge is 0.481 e. The topological polar surface area (TPSA) is 40.5 Å². The van der Waals surface area contributed by atoms with E-state index in [2.05, 4.69) is 6.92 Å². The summed E-state index contributed by atoms with van der Waals surface area (Å²) in [6, 6.07) is 0. The maximum Gasteiger partial charge on any atom is 0.403 e. The van der Waals surface area contributed by atoms with Gasteiger partial charge in [-0.25, -0.2) is 0 Å². The molecule has 18 heavy (non-hydrogen) atoms. The van der Waals surface area contributed by atoms with E-state index in [0.717, 1.165) is 25.7 Å². The summed E-state index contributed by atoms with van der Waals surface area (Å²) >= 11 is 0. The van der Waals surface area contributed by atoms with Gasteiger partial charge in [0, 0.05) is 6.54 Å². The maximum absolute atomic E-state index is 12.5. The van der Waals surface area contributed by atoms with Crippen LogP contribution in [0, 0.1) is 11.8 Å². The van der Waals surface area contributed by atoms with Crippen molar-refractivity contribution in [2.24, 2.45) is 11.8 Å². The van der Waals surface area contributed by atoms with E-state index in [0.29, 0.717) is 19.0 Å². The summed E-state index contributed by atoms with van der Waals surface area (Å²) in [5.41, 5.74) is 0. The Morgan fingerprint density at radius 3 is 2.33 bits per heavy atom. The van der Waals surface area contributed by atoms with E-state index < -0.39 is 24.6 Å². The minimum absolute atomic E-state index is 0.419. The van der Waals surface area contributed by atoms with Crippen molar-refractivity contribution in [1.82, 2.24) is 4.90 Å². The lowest BCUT2D eigenvalue weighted by atomic mass is 9.92. The first kappa shape index (κ1) is 15.3. The first-order valence-electron chi connectivity index (χ1n) is 6.36. The zero-order valence-corrected chi connectivity index (χ0v) is 10.5. The Bertz CT molecular complexity index is 273. The average molecular weight is 267 g/mol. The molecular formula is C12H20F3NO2. The summed E-state index contributed by atoms with van der Waals surface area (Å²) in [6.07, 6.45) is -0.720. The van der Waals surface area contributed by atoms with E-state index in [9.17, 15) is 18.0 Å². The van der Waals surface area contributed by atoms with Gasteiger partial charge in [-0.05, 0) is 31.8 Å². The number of carboxylic acids is 1. The van der Waals surface area contributed by atoms with Crippen molar-refractivity contribution < 1.29 is 23.1 Å². The molecule has 1 unspecified atom stereocenters. The van der Waals surface area contributed by atoms with Crippen LogP contribution in [-0.4, -0.2) is 41.8 Å². The van der Waals surface area contributed by atoms with E-state index in [4.69, 9.17) is 5.11 Å². The highest BCUT2D eigenvalue weighted by Gasteiger charge is 2.46. The third-order valence-electron chi connectivity index (χ3n) is 3.54. The van der Waals surface area contributed by atoms with Crippen LogP contribution in [0.25, 0.3) is 0 Å². The highest BCUT2D eigenvalue weighted by atomic mass is 19.4. The number of alkyl halides is 3. The van der Waals surface area contributed by atoms with E-state index in [1.807, 2.05) is 0 Å². The second kappa shape index (κ2) is 6.41. The van der Waals surface area contributed by atoms with E-state index in [-0.39, 0.29) is 0 Å². The van der Waals surface area contributed by atoms with E-state index in [1.54, 1.807) is 4.90 Å². The molecule has 0 saturated carbocycles. The lowest BCUT2D eigenvalue weighted by Gasteiger charge is -2.33. The number of halogens is 3. The number of hydrogen-bond acceptors (Lipinski definition) is 2. The number of likely N-dealkylation sites (tertiary alicyclic amines) is 1. The molecule has 0 spiro atoms. The van der Waals surface area contributed by atoms with Crippen LogP contribution in [0.5, 0.6) is 0 Å². The number of piperidine rings is 1. The van der Waals surface area contributed by atoms with Gasteiger partial charge in [-0.3, -0.25) is 4.79 Å². The molecule has 0 aromatic carbocycles. The fourth-order valence-corrected chi connectivity index (χ4v) is 2.45. The summed E-state index contributed by atoms with van der Waals surface area (Å²) in [6.45, 7) is 2.82. The van der Waals surface area contributed by atoms with Crippen molar-refractivity contribution in [3.8, 4) is 0 Å². The Morgan fingerprint density at radius 1 is 1.39 bits per heavy atom. The number of carbonyl (C=O) groups is 1. The molecule has 0 aromatic rings. The molecule has 1 rings (SSSR count). The summed E-state index contributed by atoms with van der Waals surface area (Å²) in [5.74, 6) is -3.46. The Morgan fingerprint density at radius 2 is 1.94 bits per heavy atom. The molecular weight excluding hydrogens is 247 g/mol. The van der Waals surface area contributed by atoms with Crippen molar-refractivity contribution in [2.75, 3.05) is 19.6 Å². The molecule has 1 heterocycles. The summed E-state index contributed by atoms with van der Waals surface area (Å²) in [7, 11) is 0. The molecule has 1 atom stereocenters. The molecule has 0 bridgehead atoms. The fourth-order valence-electron chi connectivity index (χ4n) is 2.45. The van der Waals surface area contributed by atoms with E-state index in [1.165, 1.54) is 0 Å². The first-order valence-corrected chi connectivity index (χ1v) is 6.36. The van der Waals surface area contributed by atoms with Crippen LogP contribution in [0.1, 0.15) is 32.6 Å². The smallest absolute Gasteiger partial charge is 0.403 e. The molecule has 6 heteroatoms. The maximum atomic E-state index is 12.5. The van der Waals surface area contributed by atoms with Crippen LogP contribution in [0.3, 0.4) is 0 Å². The molecule has 106 valence electrons. The van der Waals surface area contributed by atoms with Gasteiger partial charge >= 0.3 is 12.1 Å². The zero-order valence-electron chi connectivity index (χ0n) is 10.5. The highest BCUT2D eigenvalue weighted by Crippen LogP contribution is 2.29. The molecule has 0 aliphatic carbocycles. The van der Waals surface area contributed by atoms with Crippen LogP contribution in [0.4, 0.5) is 13.2 Å². The molecule has 0 aromatic heterocycles. The molecule has 1 N–H and O–H groups in total. The van der Waals surface area contributed by atoms with Gasteiger partial charge < -0.3 is 10.0 Å². The predicted molar refractivity (Wildman–Crippen MR) is 61.3 cm³/mol. The SMILES string of the molecule is CCCC1CCN(CC(C(=O)O)C(F)(F)F)CC1. The van der Waals surface area contributed by atoms with Crippen LogP contribution in [-0.2, 0) is 4.79 Å². The van der Waals surface area contributed by atoms with Gasteiger partial charge in [-0.15, -0.1) is 0 Å². The Balaban J connectivity index is 2.46. The third-order valence-corrected chi connectivity index (χ3v) is 3.54. The van der Waals surface area contributed by atoms with Crippen LogP contribution >= 0.6 is 0 Å². The van der Waals surface area contributed by atoms with E-state index >= 15 is 0 Å². The van der Waals surface area contributed by atoms with Gasteiger partial charge in [0.1, 0.15) is 0 Å². The lowest BCUT2D eigenvalue weighted by Crippen LogP contribution is -2.44. The van der Waals surface area contributed by atoms with Crippen LogP contribution < -0.4 is 0 Å². The predicted octanol–water partition coefficient (Wildman–Crippen LogP) is 2.76. The normalized spacial score (nSPS) is 20.9. The third kappa shape index (κ3) is 4.48. The van der Waals surface area contributed by atoms with Crippen molar-refractivity contribution >= 4 is 5.97 Å². The fraction of sp³-hybridized carbons (Fsp3) is 0.917. The summed E-state index contributed by atoms with van der Waals surface area (Å²) < 4.78 is 37.5. The van der Waals surface area contributed by atoms with Gasteiger partial charge in [-0.2, -0.15) is 13.2 Å². The quantitative estimate of drug-likeness (QED) is 0.832. The van der Waals surface area contributed by atoms with Crippen molar-refractivity contribution in [2.45, 2.75) is 38.8 Å². The second-order valence-electron chi connectivity index (χ2n) is 4.97. The monoisotopic (exact) mass is 267 g/mol. The van der Waals surface area contributed by atoms with Gasteiger partial charge in [-0.1, -0.05) is 19.8 Å². The summed E-state index contributed by atoms with van der Waals surface area (Å²) in [4.78, 5) is 12.3. The number of hydrogen-bond donors (Lipinski definition) is 1. The number of aliphatic carboxylic acids is 1. The Hall–Kier alpha value is -0.780. The minimum Gasteiger partial charge on any atom is -0.481 e. The first-order chi connectivity index (χ1) is 8.34. The van der Waals surface area contributed by atoms with Gasteiger partial charge in [0.15, 0.2) is 5.92 Å². The summed E-state index contributed by atoms with van der Waals surface area (Å²) in [5, 5.41) is 8.63. The lowest BCUT2D eigenvalue weighted by molar-refractivity contribution is -0.197. The molecule has 1 aliphatic rings. The highest BCUT2D eigenvalue weighted by molar-refractivity contribution is 5.71. The molecule has 1 aliphatic heterocycles. The standard InChI is InChI=1S/C12H20F3NO2/c1-2-3-9-4-6-16(7-5-9)8-10(11(17)18)12(13,14)15/h9-10H,2-8H2,1H3,(H,17,18). The Kier molecular flexibility index (Phi) is 5.44. The zero-order chi connectivity index (χ0) is 13.8. The number of carboxylic acid groups (broad SMARTS) is 1. The Labute approximate surface area is 105 Å². The average Bonchev–Trinajstić information content (AvgIpc) is 2.26. The number of rotatable bonds is 5. The molecule has 1 fully saturated rings. The van der Waals surface area contributed by atoms with Crippen molar-refractivity contribution in [3.05, 3.63) is 0 Å². The van der Waals surface area contributed by atoms with Gasteiger partial charge in [0.2, 0.25) is 0 Å². The molecule has 1 saturated heterocycles. The minimum atomic E-state index is -4.66. The van der Waals surface area contributed by atoms with Gasteiger partial charge in [0.25, 0.3) is 0 Å². The van der Waals surface area contributed by atoms with Crippen molar-refractivity contribution in [3.63, 3.8) is 0 Å². The van der Waals surface area contributed by atoms with Crippen LogP contribution in [0.2, 0.25) is 0 Å². The molecule has 0 amide bonds. The van der Waals surface area contributed by atoms with Crippen LogP contribution in [0.15, 0.2) is 0 Å². The van der Waals surface area contributed by atoms with Crippen molar-refractivity contribution in [1.29, 1.82) is 0 Å². The second-order valence-corrected chi connectivity index (χ2v) is 4.97. The van der Waals surface area contributed by atoms with Gasteiger partial charge in [0.05, 0.1) is 0 Å². The molecule has 0 radical (unpaired) electrons. The number of nitrogens with zero attached hydrogens (tertiary/aromatic N) is 1. The molecule has 3 nitrogen and oxygen atoms in total.